The lowest BCUT2D eigenvalue weighted by Crippen LogP contribution is -2.14. The van der Waals surface area contributed by atoms with Crippen molar-refractivity contribution < 1.29 is 9.18 Å². The first-order chi connectivity index (χ1) is 9.35. The Bertz CT molecular complexity index is 472. The molecule has 4 heteroatoms. The normalized spacial score (nSPS) is 12.3. The van der Waals surface area contributed by atoms with Gasteiger partial charge in [0.05, 0.1) is 6.33 Å². The predicted octanol–water partition coefficient (Wildman–Crippen LogP) is 3.53. The van der Waals surface area contributed by atoms with Crippen LogP contribution in [0, 0.1) is 5.41 Å². The van der Waals surface area contributed by atoms with Gasteiger partial charge < -0.3 is 11.1 Å². The molecule has 0 spiro atoms. The van der Waals surface area contributed by atoms with Crippen molar-refractivity contribution in [3.63, 3.8) is 0 Å². The smallest absolute Gasteiger partial charge is 0.163 e. The van der Waals surface area contributed by atoms with E-state index in [1.807, 2.05) is 32.9 Å². The molecule has 0 fully saturated rings. The summed E-state index contributed by atoms with van der Waals surface area (Å²) in [5.74, 6) is 0.135. The second-order valence-corrected chi connectivity index (χ2v) is 6.06. The van der Waals surface area contributed by atoms with Gasteiger partial charge in [-0.15, -0.1) is 0 Å². The molecule has 3 N–H and O–H groups in total. The van der Waals surface area contributed by atoms with Crippen LogP contribution < -0.4 is 11.1 Å². The maximum absolute atomic E-state index is 12.4. The number of nitrogens with one attached hydrogen (secondary N) is 1. The fourth-order valence-corrected chi connectivity index (χ4v) is 1.73. The molecule has 0 aliphatic carbocycles. The van der Waals surface area contributed by atoms with Crippen molar-refractivity contribution in [1.82, 2.24) is 0 Å². The Morgan fingerprint density at radius 2 is 1.90 bits per heavy atom. The quantitative estimate of drug-likeness (QED) is 0.783. The van der Waals surface area contributed by atoms with Crippen molar-refractivity contribution in [1.29, 1.82) is 0 Å². The number of hydrogen-bond acceptors (Lipinski definition) is 3. The third-order valence-electron chi connectivity index (χ3n) is 2.83. The van der Waals surface area contributed by atoms with Gasteiger partial charge in [0, 0.05) is 30.8 Å². The highest BCUT2D eigenvalue weighted by atomic mass is 19.1. The van der Waals surface area contributed by atoms with Crippen molar-refractivity contribution in [2.45, 2.75) is 27.2 Å². The van der Waals surface area contributed by atoms with Crippen LogP contribution in [0.25, 0.3) is 0 Å². The molecule has 0 aromatic heterocycles. The van der Waals surface area contributed by atoms with Crippen LogP contribution in [0.5, 0.6) is 0 Å². The summed E-state index contributed by atoms with van der Waals surface area (Å²) in [5, 5.41) is 3.06. The number of benzene rings is 1. The molecule has 0 heterocycles. The van der Waals surface area contributed by atoms with Gasteiger partial charge in [-0.25, -0.2) is 4.39 Å². The molecule has 0 radical (unpaired) electrons. The first-order valence-electron chi connectivity index (χ1n) is 6.71. The molecule has 3 nitrogen and oxygen atoms in total. The van der Waals surface area contributed by atoms with Gasteiger partial charge in [0.1, 0.15) is 0 Å². The Kier molecular flexibility index (Phi) is 5.89. The highest BCUT2D eigenvalue weighted by molar-refractivity contribution is 5.96. The van der Waals surface area contributed by atoms with Crippen LogP contribution in [0.15, 0.2) is 36.2 Å². The summed E-state index contributed by atoms with van der Waals surface area (Å²) in [5.41, 5.74) is 7.39. The van der Waals surface area contributed by atoms with Crippen molar-refractivity contribution in [2.24, 2.45) is 11.1 Å². The lowest BCUT2D eigenvalue weighted by atomic mass is 9.88. The molecule has 110 valence electrons. The molecule has 0 aliphatic heterocycles. The number of hydrogen-bond donors (Lipinski definition) is 2. The van der Waals surface area contributed by atoms with Gasteiger partial charge in [0.15, 0.2) is 5.78 Å². The molecule has 0 atom stereocenters. The Labute approximate surface area is 120 Å². The van der Waals surface area contributed by atoms with Gasteiger partial charge in [-0.05, 0) is 35.3 Å². The second kappa shape index (κ2) is 7.20. The van der Waals surface area contributed by atoms with E-state index in [1.54, 1.807) is 12.1 Å². The van der Waals surface area contributed by atoms with E-state index in [4.69, 9.17) is 5.73 Å². The number of halogens is 1. The zero-order valence-electron chi connectivity index (χ0n) is 12.4. The lowest BCUT2D eigenvalue weighted by Gasteiger charge is -2.16. The number of carbonyl (C=O) groups excluding carboxylic acids is 1. The third kappa shape index (κ3) is 5.53. The van der Waals surface area contributed by atoms with Gasteiger partial charge >= 0.3 is 0 Å². The molecule has 20 heavy (non-hydrogen) atoms. The van der Waals surface area contributed by atoms with E-state index in [1.165, 1.54) is 0 Å². The SMILES string of the molecule is CC(C)(C)CC(=O)c1ccc(NC/C(=C/F)CN)cc1. The zero-order chi connectivity index (χ0) is 15.2. The fraction of sp³-hybridized carbons (Fsp3) is 0.438. The number of ketones is 1. The fourth-order valence-electron chi connectivity index (χ4n) is 1.73. The minimum atomic E-state index is -0.0179. The van der Waals surface area contributed by atoms with E-state index in [2.05, 4.69) is 5.32 Å². The van der Waals surface area contributed by atoms with E-state index in [9.17, 15) is 9.18 Å². The molecule has 0 bridgehead atoms. The highest BCUT2D eigenvalue weighted by Gasteiger charge is 2.17. The number of carbonyl (C=O) groups is 1. The summed E-state index contributed by atoms with van der Waals surface area (Å²) in [7, 11) is 0. The molecule has 0 saturated carbocycles. The van der Waals surface area contributed by atoms with Gasteiger partial charge in [-0.1, -0.05) is 20.8 Å². The molecule has 0 saturated heterocycles. The van der Waals surface area contributed by atoms with Gasteiger partial charge in [0.25, 0.3) is 0 Å². The summed E-state index contributed by atoms with van der Waals surface area (Å²) >= 11 is 0. The van der Waals surface area contributed by atoms with E-state index in [0.29, 0.717) is 30.4 Å². The van der Waals surface area contributed by atoms with Gasteiger partial charge in [-0.2, -0.15) is 0 Å². The molecule has 0 unspecified atom stereocenters. The van der Waals surface area contributed by atoms with Crippen LogP contribution >= 0.6 is 0 Å². The van der Waals surface area contributed by atoms with Crippen LogP contribution in [-0.2, 0) is 0 Å². The third-order valence-corrected chi connectivity index (χ3v) is 2.83. The maximum Gasteiger partial charge on any atom is 0.163 e. The monoisotopic (exact) mass is 278 g/mol. The first-order valence-corrected chi connectivity index (χ1v) is 6.71. The number of Topliss-reactive ketones (excluding diaryl/α,β-unsaturated/α-hetero) is 1. The summed E-state index contributed by atoms with van der Waals surface area (Å²) < 4.78 is 12.4. The van der Waals surface area contributed by atoms with Crippen molar-refractivity contribution >= 4 is 11.5 Å². The van der Waals surface area contributed by atoms with E-state index in [0.717, 1.165) is 5.69 Å². The predicted molar refractivity (Wildman–Crippen MR) is 81.6 cm³/mol. The molecular formula is C16H23FN2O. The minimum absolute atomic E-state index is 0.0179. The van der Waals surface area contributed by atoms with Crippen molar-refractivity contribution in [3.05, 3.63) is 41.7 Å². The van der Waals surface area contributed by atoms with Crippen molar-refractivity contribution in [3.8, 4) is 0 Å². The van der Waals surface area contributed by atoms with Crippen molar-refractivity contribution in [2.75, 3.05) is 18.4 Å². The summed E-state index contributed by atoms with van der Waals surface area (Å²) in [6, 6.07) is 7.22. The zero-order valence-corrected chi connectivity index (χ0v) is 12.4. The van der Waals surface area contributed by atoms with Crippen LogP contribution in [0.4, 0.5) is 10.1 Å². The summed E-state index contributed by atoms with van der Waals surface area (Å²) in [6.45, 7) is 6.67. The number of anilines is 1. The standard InChI is InChI=1S/C16H23FN2O/c1-16(2,3)8-15(20)13-4-6-14(7-5-13)19-11-12(9-17)10-18/h4-7,9,19H,8,10-11,18H2,1-3H3/b12-9+. The van der Waals surface area contributed by atoms with E-state index < -0.39 is 0 Å². The first kappa shape index (κ1) is 16.4. The Hall–Kier alpha value is -1.68. The van der Waals surface area contributed by atoms with Crippen LogP contribution in [0.1, 0.15) is 37.6 Å². The average Bonchev–Trinajstić information content (AvgIpc) is 2.38. The van der Waals surface area contributed by atoms with Gasteiger partial charge in [-0.3, -0.25) is 4.79 Å². The lowest BCUT2D eigenvalue weighted by molar-refractivity contribution is 0.0940. The molecular weight excluding hydrogens is 255 g/mol. The van der Waals surface area contributed by atoms with Gasteiger partial charge in [0.2, 0.25) is 0 Å². The second-order valence-electron chi connectivity index (χ2n) is 6.06. The Morgan fingerprint density at radius 3 is 2.35 bits per heavy atom. The largest absolute Gasteiger partial charge is 0.381 e. The Morgan fingerprint density at radius 1 is 1.30 bits per heavy atom. The average molecular weight is 278 g/mol. The molecule has 0 aliphatic rings. The maximum atomic E-state index is 12.4. The summed E-state index contributed by atoms with van der Waals surface area (Å²) in [6.07, 6.45) is 1.04. The highest BCUT2D eigenvalue weighted by Crippen LogP contribution is 2.22. The molecule has 1 rings (SSSR count). The number of nitrogens with two attached hydrogens (primary N) is 1. The summed E-state index contributed by atoms with van der Waals surface area (Å²) in [4.78, 5) is 12.0. The van der Waals surface area contributed by atoms with E-state index >= 15 is 0 Å². The topological polar surface area (TPSA) is 55.1 Å². The van der Waals surface area contributed by atoms with Crippen LogP contribution in [0.2, 0.25) is 0 Å². The Balaban J connectivity index is 2.63. The molecule has 0 amide bonds. The molecule has 1 aromatic rings. The van der Waals surface area contributed by atoms with Crippen LogP contribution in [-0.4, -0.2) is 18.9 Å². The molecule has 1 aromatic carbocycles. The van der Waals surface area contributed by atoms with E-state index in [-0.39, 0.29) is 17.7 Å². The minimum Gasteiger partial charge on any atom is -0.381 e. The van der Waals surface area contributed by atoms with Crippen LogP contribution in [0.3, 0.4) is 0 Å². The number of rotatable bonds is 6.